The Morgan fingerprint density at radius 1 is 1.14 bits per heavy atom. The Hall–Kier alpha value is -2.21. The highest BCUT2D eigenvalue weighted by atomic mass is 32.2. The number of furan rings is 1. The van der Waals surface area contributed by atoms with Gasteiger partial charge in [0.25, 0.3) is 5.91 Å². The highest BCUT2D eigenvalue weighted by molar-refractivity contribution is 7.99. The van der Waals surface area contributed by atoms with Crippen LogP contribution in [0.3, 0.4) is 0 Å². The van der Waals surface area contributed by atoms with Gasteiger partial charge < -0.3 is 15.1 Å². The van der Waals surface area contributed by atoms with Crippen molar-refractivity contribution in [2.45, 2.75) is 57.0 Å². The van der Waals surface area contributed by atoms with Crippen LogP contribution in [0.4, 0.5) is 5.69 Å². The zero-order chi connectivity index (χ0) is 19.9. The predicted molar refractivity (Wildman–Crippen MR) is 114 cm³/mol. The lowest BCUT2D eigenvalue weighted by Gasteiger charge is -2.21. The van der Waals surface area contributed by atoms with Crippen molar-refractivity contribution in [3.63, 3.8) is 0 Å². The highest BCUT2D eigenvalue weighted by Gasteiger charge is 2.15. The molecule has 0 radical (unpaired) electrons. The van der Waals surface area contributed by atoms with E-state index in [9.17, 15) is 9.59 Å². The van der Waals surface area contributed by atoms with E-state index in [-0.39, 0.29) is 18.4 Å². The van der Waals surface area contributed by atoms with Crippen LogP contribution in [0, 0.1) is 13.8 Å². The first-order chi connectivity index (χ1) is 13.5. The third-order valence-corrected chi connectivity index (χ3v) is 6.39. The Morgan fingerprint density at radius 2 is 1.93 bits per heavy atom. The van der Waals surface area contributed by atoms with Crippen molar-refractivity contribution < 1.29 is 14.0 Å². The molecule has 0 saturated heterocycles. The second-order valence-electron chi connectivity index (χ2n) is 7.33. The maximum atomic E-state index is 12.2. The number of aryl methyl sites for hydroxylation is 2. The molecule has 1 aromatic carbocycles. The molecule has 1 aromatic heterocycles. The van der Waals surface area contributed by atoms with E-state index in [0.717, 1.165) is 16.7 Å². The zero-order valence-corrected chi connectivity index (χ0v) is 17.4. The first kappa shape index (κ1) is 20.5. The Morgan fingerprint density at radius 3 is 2.64 bits per heavy atom. The van der Waals surface area contributed by atoms with Crippen LogP contribution in [0.1, 0.15) is 59.5 Å². The number of carbonyl (C=O) groups is 2. The topological polar surface area (TPSA) is 71.3 Å². The summed E-state index contributed by atoms with van der Waals surface area (Å²) in [7, 11) is 0. The third-order valence-electron chi connectivity index (χ3n) is 4.94. The van der Waals surface area contributed by atoms with E-state index >= 15 is 0 Å². The molecule has 2 aromatic rings. The molecule has 1 aliphatic carbocycles. The van der Waals surface area contributed by atoms with Crippen LogP contribution >= 0.6 is 11.8 Å². The lowest BCUT2D eigenvalue weighted by atomic mass is 10.0. The number of rotatable bonds is 7. The summed E-state index contributed by atoms with van der Waals surface area (Å²) in [6, 6.07) is 9.62. The molecule has 150 valence electrons. The molecular weight excluding hydrogens is 372 g/mol. The Balaban J connectivity index is 1.47. The van der Waals surface area contributed by atoms with Crippen LogP contribution in [0.15, 0.2) is 34.7 Å². The van der Waals surface area contributed by atoms with E-state index in [0.29, 0.717) is 17.1 Å². The molecule has 1 heterocycles. The molecule has 1 saturated carbocycles. The fourth-order valence-electron chi connectivity index (χ4n) is 3.50. The van der Waals surface area contributed by atoms with Gasteiger partial charge in [-0.25, -0.2) is 0 Å². The van der Waals surface area contributed by atoms with Gasteiger partial charge in [-0.1, -0.05) is 31.4 Å². The van der Waals surface area contributed by atoms with Gasteiger partial charge in [0.15, 0.2) is 0 Å². The second kappa shape index (κ2) is 9.82. The van der Waals surface area contributed by atoms with Crippen molar-refractivity contribution in [3.05, 3.63) is 53.0 Å². The summed E-state index contributed by atoms with van der Waals surface area (Å²) in [5, 5.41) is 6.26. The molecular formula is C22H28N2O3S. The fourth-order valence-corrected chi connectivity index (χ4v) is 4.78. The molecule has 2 amide bonds. The lowest BCUT2D eigenvalue weighted by molar-refractivity contribution is -0.115. The first-order valence-corrected chi connectivity index (χ1v) is 10.9. The third kappa shape index (κ3) is 5.89. The minimum atomic E-state index is -0.304. The summed E-state index contributed by atoms with van der Waals surface area (Å²) in [6.07, 6.45) is 6.69. The van der Waals surface area contributed by atoms with Crippen LogP contribution in [-0.4, -0.2) is 23.6 Å². The van der Waals surface area contributed by atoms with Gasteiger partial charge in [0, 0.05) is 16.7 Å². The molecule has 0 aliphatic heterocycles. The summed E-state index contributed by atoms with van der Waals surface area (Å²) >= 11 is 2.01. The number of hydrogen-bond acceptors (Lipinski definition) is 4. The van der Waals surface area contributed by atoms with E-state index in [1.165, 1.54) is 37.7 Å². The van der Waals surface area contributed by atoms with Crippen molar-refractivity contribution in [3.8, 4) is 0 Å². The van der Waals surface area contributed by atoms with Gasteiger partial charge in [0.05, 0.1) is 12.1 Å². The standard InChI is InChI=1S/C22H28N2O3S/c1-15-11-20(16(2)27-15)22(26)23-13-21(25)24-18-8-6-7-17(12-18)14-28-19-9-4-3-5-10-19/h6-8,11-12,19H,3-5,9-10,13-14H2,1-2H3,(H,23,26)(H,24,25). The minimum Gasteiger partial charge on any atom is -0.466 e. The molecule has 28 heavy (non-hydrogen) atoms. The molecule has 2 N–H and O–H groups in total. The van der Waals surface area contributed by atoms with Gasteiger partial charge in [-0.15, -0.1) is 0 Å². The van der Waals surface area contributed by atoms with Crippen molar-refractivity contribution in [1.82, 2.24) is 5.32 Å². The zero-order valence-electron chi connectivity index (χ0n) is 16.5. The molecule has 1 fully saturated rings. The monoisotopic (exact) mass is 400 g/mol. The molecule has 1 aliphatic rings. The number of thioether (sulfide) groups is 1. The lowest BCUT2D eigenvalue weighted by Crippen LogP contribution is -2.33. The number of carbonyl (C=O) groups excluding carboxylic acids is 2. The number of amides is 2. The highest BCUT2D eigenvalue weighted by Crippen LogP contribution is 2.30. The molecule has 0 spiro atoms. The maximum Gasteiger partial charge on any atom is 0.255 e. The molecule has 3 rings (SSSR count). The van der Waals surface area contributed by atoms with Crippen molar-refractivity contribution in [1.29, 1.82) is 0 Å². The average molecular weight is 401 g/mol. The summed E-state index contributed by atoms with van der Waals surface area (Å²) in [4.78, 5) is 24.4. The van der Waals surface area contributed by atoms with Crippen LogP contribution in [0.2, 0.25) is 0 Å². The van der Waals surface area contributed by atoms with Gasteiger partial charge in [-0.05, 0) is 50.5 Å². The smallest absolute Gasteiger partial charge is 0.255 e. The maximum absolute atomic E-state index is 12.2. The number of anilines is 1. The Bertz CT molecular complexity index is 825. The van der Waals surface area contributed by atoms with Crippen molar-refractivity contribution >= 4 is 29.3 Å². The van der Waals surface area contributed by atoms with Gasteiger partial charge in [0.1, 0.15) is 11.5 Å². The van der Waals surface area contributed by atoms with Gasteiger partial charge in [0.2, 0.25) is 5.91 Å². The summed E-state index contributed by atoms with van der Waals surface area (Å²) < 4.78 is 5.35. The largest absolute Gasteiger partial charge is 0.466 e. The van der Waals surface area contributed by atoms with E-state index in [2.05, 4.69) is 16.7 Å². The van der Waals surface area contributed by atoms with Crippen molar-refractivity contribution in [2.24, 2.45) is 0 Å². The summed E-state index contributed by atoms with van der Waals surface area (Å²) in [6.45, 7) is 3.44. The number of benzene rings is 1. The van der Waals surface area contributed by atoms with Crippen LogP contribution in [0.5, 0.6) is 0 Å². The average Bonchev–Trinajstić information content (AvgIpc) is 3.04. The normalized spacial score (nSPS) is 14.6. The summed E-state index contributed by atoms with van der Waals surface area (Å²) in [5.41, 5.74) is 2.44. The Labute approximate surface area is 170 Å². The van der Waals surface area contributed by atoms with E-state index in [1.54, 1.807) is 19.9 Å². The Kier molecular flexibility index (Phi) is 7.20. The second-order valence-corrected chi connectivity index (χ2v) is 8.62. The fraction of sp³-hybridized carbons (Fsp3) is 0.455. The SMILES string of the molecule is Cc1cc(C(=O)NCC(=O)Nc2cccc(CSC3CCCCC3)c2)c(C)o1. The number of hydrogen-bond donors (Lipinski definition) is 2. The summed E-state index contributed by atoms with van der Waals surface area (Å²) in [5.74, 6) is 1.64. The van der Waals surface area contributed by atoms with Gasteiger partial charge in [-0.3, -0.25) is 9.59 Å². The van der Waals surface area contributed by atoms with E-state index in [4.69, 9.17) is 4.42 Å². The van der Waals surface area contributed by atoms with Gasteiger partial charge in [-0.2, -0.15) is 11.8 Å². The molecule has 0 atom stereocenters. The predicted octanol–water partition coefficient (Wildman–Crippen LogP) is 4.83. The molecule has 6 heteroatoms. The van der Waals surface area contributed by atoms with E-state index < -0.39 is 0 Å². The molecule has 0 unspecified atom stereocenters. The number of nitrogens with one attached hydrogen (secondary N) is 2. The first-order valence-electron chi connectivity index (χ1n) is 9.87. The van der Waals surface area contributed by atoms with Crippen LogP contribution in [0.25, 0.3) is 0 Å². The van der Waals surface area contributed by atoms with Crippen LogP contribution < -0.4 is 10.6 Å². The van der Waals surface area contributed by atoms with Crippen molar-refractivity contribution in [2.75, 3.05) is 11.9 Å². The van der Waals surface area contributed by atoms with Crippen LogP contribution in [-0.2, 0) is 10.5 Å². The molecule has 0 bridgehead atoms. The van der Waals surface area contributed by atoms with Gasteiger partial charge >= 0.3 is 0 Å². The quantitative estimate of drug-likeness (QED) is 0.698. The minimum absolute atomic E-state index is 0.0798. The molecule has 5 nitrogen and oxygen atoms in total. The van der Waals surface area contributed by atoms with E-state index in [1.807, 2.05) is 30.0 Å².